The quantitative estimate of drug-likeness (QED) is 0.300. The van der Waals surface area contributed by atoms with Crippen LogP contribution in [0.1, 0.15) is 17.5 Å². The molecule has 2 amide bonds. The number of methoxy groups -OCH3 is 2. The molecule has 0 bridgehead atoms. The van der Waals surface area contributed by atoms with Crippen molar-refractivity contribution in [3.8, 4) is 17.4 Å². The van der Waals surface area contributed by atoms with E-state index in [9.17, 15) is 9.59 Å². The molecule has 1 N–H and O–H groups in total. The van der Waals surface area contributed by atoms with Crippen molar-refractivity contribution in [2.75, 3.05) is 38.8 Å². The highest BCUT2D eigenvalue weighted by atomic mass is 35.5. The average molecular weight is 590 g/mol. The van der Waals surface area contributed by atoms with E-state index in [0.717, 1.165) is 16.9 Å². The fourth-order valence-electron chi connectivity index (χ4n) is 4.90. The third-order valence-electron chi connectivity index (χ3n) is 7.13. The van der Waals surface area contributed by atoms with Gasteiger partial charge in [0.2, 0.25) is 17.8 Å². The van der Waals surface area contributed by atoms with E-state index in [0.29, 0.717) is 48.7 Å². The summed E-state index contributed by atoms with van der Waals surface area (Å²) in [5.74, 6) is 2.31. The predicted molar refractivity (Wildman–Crippen MR) is 158 cm³/mol. The number of nitrogens with zero attached hydrogens (tertiary/aromatic N) is 6. The van der Waals surface area contributed by atoms with Gasteiger partial charge < -0.3 is 24.6 Å². The third kappa shape index (κ3) is 6.98. The van der Waals surface area contributed by atoms with E-state index >= 15 is 0 Å². The van der Waals surface area contributed by atoms with E-state index in [1.807, 2.05) is 41.3 Å². The second-order valence-corrected chi connectivity index (χ2v) is 10.3. The highest BCUT2D eigenvalue weighted by Gasteiger charge is 2.32. The number of carbonyl (C=O) groups excluding carboxylic acids is 2. The Morgan fingerprint density at radius 2 is 1.83 bits per heavy atom. The van der Waals surface area contributed by atoms with Crippen molar-refractivity contribution in [1.82, 2.24) is 29.7 Å². The molecule has 1 unspecified atom stereocenters. The van der Waals surface area contributed by atoms with E-state index < -0.39 is 0 Å². The largest absolute Gasteiger partial charge is 0.497 e. The first-order chi connectivity index (χ1) is 20.4. The number of rotatable bonds is 10. The van der Waals surface area contributed by atoms with Gasteiger partial charge in [0.05, 0.1) is 31.7 Å². The van der Waals surface area contributed by atoms with Crippen molar-refractivity contribution in [2.24, 2.45) is 0 Å². The molecule has 42 heavy (non-hydrogen) atoms. The highest BCUT2D eigenvalue weighted by molar-refractivity contribution is 6.32. The molecule has 0 saturated carbocycles. The molecule has 0 aliphatic carbocycles. The Morgan fingerprint density at radius 1 is 1.02 bits per heavy atom. The van der Waals surface area contributed by atoms with Crippen LogP contribution in [0.4, 0.5) is 5.82 Å². The zero-order chi connectivity index (χ0) is 29.5. The van der Waals surface area contributed by atoms with Crippen molar-refractivity contribution >= 4 is 29.2 Å². The van der Waals surface area contributed by atoms with Gasteiger partial charge in [-0.05, 0) is 41.5 Å². The number of ether oxygens (including phenoxy) is 2. The maximum absolute atomic E-state index is 13.3. The molecular formula is C30H32ClN7O4. The van der Waals surface area contributed by atoms with Crippen molar-refractivity contribution in [2.45, 2.75) is 25.4 Å². The molecule has 1 fully saturated rings. The number of aromatic nitrogens is 4. The minimum atomic E-state index is -0.302. The Labute approximate surface area is 249 Å². The second kappa shape index (κ2) is 13.3. The van der Waals surface area contributed by atoms with Gasteiger partial charge in [0.15, 0.2) is 0 Å². The lowest BCUT2D eigenvalue weighted by molar-refractivity contribution is -0.132. The van der Waals surface area contributed by atoms with Crippen LogP contribution in [0.2, 0.25) is 5.02 Å². The van der Waals surface area contributed by atoms with Gasteiger partial charge in [0.25, 0.3) is 0 Å². The Hall–Kier alpha value is -4.64. The molecule has 218 valence electrons. The first kappa shape index (κ1) is 28.9. The zero-order valence-electron chi connectivity index (χ0n) is 23.4. The summed E-state index contributed by atoms with van der Waals surface area (Å²) in [4.78, 5) is 43.6. The molecule has 3 heterocycles. The summed E-state index contributed by atoms with van der Waals surface area (Å²) in [6, 6.07) is 14.4. The van der Waals surface area contributed by atoms with Gasteiger partial charge in [-0.2, -0.15) is 4.98 Å². The molecule has 11 nitrogen and oxygen atoms in total. The van der Waals surface area contributed by atoms with Gasteiger partial charge in [-0.15, -0.1) is 0 Å². The topological polar surface area (TPSA) is 115 Å². The molecule has 2 aromatic heterocycles. The number of hydrogen-bond acceptors (Lipinski definition) is 8. The molecule has 1 atom stereocenters. The van der Waals surface area contributed by atoms with Crippen LogP contribution in [0.5, 0.6) is 11.5 Å². The van der Waals surface area contributed by atoms with E-state index in [-0.39, 0.29) is 30.7 Å². The van der Waals surface area contributed by atoms with Crippen LogP contribution in [-0.4, -0.2) is 76.1 Å². The summed E-state index contributed by atoms with van der Waals surface area (Å²) in [7, 11) is 3.16. The van der Waals surface area contributed by atoms with Crippen molar-refractivity contribution in [3.05, 3.63) is 89.6 Å². The smallest absolute Gasteiger partial charge is 0.236 e. The Morgan fingerprint density at radius 3 is 2.55 bits per heavy atom. The summed E-state index contributed by atoms with van der Waals surface area (Å²) in [5, 5.41) is 3.46. The standard InChI is InChI=1S/C30H32ClN7O4/c1-41-24-6-3-21(4-7-24)16-29(40)36-13-14-38(27-9-10-33-30(35-27)37-12-11-32-20-37)23(19-36)17-28(39)34-18-22-5-8-26(42-2)25(31)15-22/h3-12,15,20,23H,13-14,16-19H2,1-2H3,(H,34,39). The molecule has 2 aromatic carbocycles. The lowest BCUT2D eigenvalue weighted by Crippen LogP contribution is -2.56. The molecule has 5 rings (SSSR count). The summed E-state index contributed by atoms with van der Waals surface area (Å²) in [6.07, 6.45) is 7.17. The minimum Gasteiger partial charge on any atom is -0.497 e. The maximum Gasteiger partial charge on any atom is 0.236 e. The van der Waals surface area contributed by atoms with Gasteiger partial charge in [-0.25, -0.2) is 9.97 Å². The number of piperazine rings is 1. The van der Waals surface area contributed by atoms with Gasteiger partial charge in [-0.3, -0.25) is 14.2 Å². The average Bonchev–Trinajstić information content (AvgIpc) is 3.56. The van der Waals surface area contributed by atoms with E-state index in [2.05, 4.69) is 20.2 Å². The molecule has 12 heteroatoms. The van der Waals surface area contributed by atoms with Crippen LogP contribution in [0, 0.1) is 0 Å². The first-order valence-corrected chi connectivity index (χ1v) is 13.9. The normalized spacial score (nSPS) is 14.9. The number of anilines is 1. The summed E-state index contributed by atoms with van der Waals surface area (Å²) in [6.45, 7) is 1.71. The fourth-order valence-corrected chi connectivity index (χ4v) is 5.18. The SMILES string of the molecule is COc1ccc(CC(=O)N2CCN(c3ccnc(-n4ccnc4)n3)C(CC(=O)NCc3ccc(OC)c(Cl)c3)C2)cc1. The van der Waals surface area contributed by atoms with Crippen molar-refractivity contribution in [1.29, 1.82) is 0 Å². The van der Waals surface area contributed by atoms with Gasteiger partial charge in [0.1, 0.15) is 23.6 Å². The highest BCUT2D eigenvalue weighted by Crippen LogP contribution is 2.25. The number of carbonyl (C=O) groups is 2. The zero-order valence-corrected chi connectivity index (χ0v) is 24.2. The summed E-state index contributed by atoms with van der Waals surface area (Å²) >= 11 is 6.25. The van der Waals surface area contributed by atoms with Crippen LogP contribution in [0.25, 0.3) is 5.95 Å². The van der Waals surface area contributed by atoms with Gasteiger partial charge >= 0.3 is 0 Å². The van der Waals surface area contributed by atoms with Crippen LogP contribution >= 0.6 is 11.6 Å². The number of halogens is 1. The van der Waals surface area contributed by atoms with Gasteiger partial charge in [0, 0.05) is 51.2 Å². The minimum absolute atomic E-state index is 0.000100. The molecule has 0 radical (unpaired) electrons. The van der Waals surface area contributed by atoms with Crippen molar-refractivity contribution < 1.29 is 19.1 Å². The van der Waals surface area contributed by atoms with Crippen LogP contribution in [-0.2, 0) is 22.6 Å². The Bertz CT molecular complexity index is 1510. The van der Waals surface area contributed by atoms with Crippen LogP contribution in [0.15, 0.2) is 73.4 Å². The van der Waals surface area contributed by atoms with Gasteiger partial charge in [-0.1, -0.05) is 29.8 Å². The number of nitrogens with one attached hydrogen (secondary N) is 1. The number of amides is 2. The summed E-state index contributed by atoms with van der Waals surface area (Å²) < 4.78 is 12.2. The third-order valence-corrected chi connectivity index (χ3v) is 7.43. The second-order valence-electron chi connectivity index (χ2n) is 9.85. The number of imidazole rings is 1. The molecular weight excluding hydrogens is 558 g/mol. The number of benzene rings is 2. The van der Waals surface area contributed by atoms with E-state index in [1.165, 1.54) is 0 Å². The first-order valence-electron chi connectivity index (χ1n) is 13.5. The predicted octanol–water partition coefficient (Wildman–Crippen LogP) is 3.30. The van der Waals surface area contributed by atoms with Crippen molar-refractivity contribution in [3.63, 3.8) is 0 Å². The summed E-state index contributed by atoms with van der Waals surface area (Å²) in [5.41, 5.74) is 1.75. The lowest BCUT2D eigenvalue weighted by Gasteiger charge is -2.42. The monoisotopic (exact) mass is 589 g/mol. The Kier molecular flexibility index (Phi) is 9.18. The van der Waals surface area contributed by atoms with E-state index in [1.54, 1.807) is 55.8 Å². The molecule has 1 saturated heterocycles. The molecule has 1 aliphatic heterocycles. The molecule has 4 aromatic rings. The fraction of sp³-hybridized carbons (Fsp3) is 0.300. The van der Waals surface area contributed by atoms with E-state index in [4.69, 9.17) is 26.1 Å². The maximum atomic E-state index is 13.3. The number of hydrogen-bond donors (Lipinski definition) is 1. The molecule has 1 aliphatic rings. The van der Waals surface area contributed by atoms with Crippen LogP contribution < -0.4 is 19.7 Å². The Balaban J connectivity index is 1.31. The molecule has 0 spiro atoms. The lowest BCUT2D eigenvalue weighted by atomic mass is 10.1. The van der Waals surface area contributed by atoms with Crippen LogP contribution in [0.3, 0.4) is 0 Å².